The molecule has 1 amide bonds. The molecular weight excluding hydrogens is 442 g/mol. The van der Waals surface area contributed by atoms with Crippen LogP contribution in [0, 0.1) is 5.92 Å². The van der Waals surface area contributed by atoms with Crippen LogP contribution in [0.15, 0.2) is 55.1 Å². The fourth-order valence-electron chi connectivity index (χ4n) is 5.25. The topological polar surface area (TPSA) is 119 Å². The Morgan fingerprint density at radius 3 is 2.85 bits per heavy atom. The van der Waals surface area contributed by atoms with Crippen molar-refractivity contribution in [2.24, 2.45) is 11.7 Å². The number of likely N-dealkylation sites (tertiary alicyclic amines) is 1. The Balaban J connectivity index is 1.43. The zero-order chi connectivity index (χ0) is 23.1. The molecule has 172 valence electrons. The molecule has 1 fully saturated rings. The van der Waals surface area contributed by atoms with E-state index in [2.05, 4.69) is 4.90 Å². The number of amides is 1. The molecule has 0 saturated carbocycles. The molecule has 9 heteroatoms. The van der Waals surface area contributed by atoms with Gasteiger partial charge in [0.15, 0.2) is 5.76 Å². The molecule has 3 aromatic heterocycles. The summed E-state index contributed by atoms with van der Waals surface area (Å²) in [5.74, 6) is -0.569. The van der Waals surface area contributed by atoms with Crippen molar-refractivity contribution in [2.45, 2.75) is 37.8 Å². The van der Waals surface area contributed by atoms with Gasteiger partial charge in [-0.3, -0.25) is 19.3 Å². The van der Waals surface area contributed by atoms with Gasteiger partial charge in [-0.05, 0) is 40.8 Å². The standard InChI is InChI=1S/C24H25N3O5S/c25-21(29)8-18(15-4-5-33-13-15)24-23(31)20(28)7-17(32-24)12-26-9-14-6-16(11-26)19-2-1-3-22(30)27(19)10-14/h1-5,7,13-14,16,18,31H,6,8-12H2,(H2,25,29)/t14-,16+,18+/m1/s1. The summed E-state index contributed by atoms with van der Waals surface area (Å²) in [6, 6.07) is 8.57. The molecule has 5 heterocycles. The average Bonchev–Trinajstić information content (AvgIpc) is 3.30. The second kappa shape index (κ2) is 8.64. The van der Waals surface area contributed by atoms with Gasteiger partial charge in [0.1, 0.15) is 5.76 Å². The van der Waals surface area contributed by atoms with E-state index in [-0.39, 0.29) is 23.7 Å². The highest BCUT2D eigenvalue weighted by Gasteiger charge is 2.35. The maximum Gasteiger partial charge on any atom is 0.250 e. The molecule has 3 aromatic rings. The number of pyridine rings is 1. The van der Waals surface area contributed by atoms with Crippen molar-refractivity contribution in [3.63, 3.8) is 0 Å². The summed E-state index contributed by atoms with van der Waals surface area (Å²) in [6.45, 7) is 2.62. The summed E-state index contributed by atoms with van der Waals surface area (Å²) in [5, 5.41) is 14.2. The number of hydrogen-bond acceptors (Lipinski definition) is 7. The second-order valence-corrected chi connectivity index (χ2v) is 9.74. The SMILES string of the molecule is NC(=O)C[C@@H](c1ccsc1)c1oc(CN2C[C@H]3C[C@@H](C2)c2cccc(=O)n2C3)cc(=O)c1O. The number of carbonyl (C=O) groups is 1. The largest absolute Gasteiger partial charge is 0.502 e. The smallest absolute Gasteiger partial charge is 0.250 e. The predicted octanol–water partition coefficient (Wildman–Crippen LogP) is 2.20. The van der Waals surface area contributed by atoms with Crippen molar-refractivity contribution in [1.82, 2.24) is 9.47 Å². The molecule has 5 rings (SSSR count). The molecule has 3 N–H and O–H groups in total. The highest BCUT2D eigenvalue weighted by atomic mass is 32.1. The van der Waals surface area contributed by atoms with Gasteiger partial charge >= 0.3 is 0 Å². The molecule has 2 bridgehead atoms. The lowest BCUT2D eigenvalue weighted by Gasteiger charge is -2.42. The molecular formula is C24H25N3O5S. The third-order valence-corrected chi connectivity index (χ3v) is 7.30. The van der Waals surface area contributed by atoms with E-state index < -0.39 is 23.0 Å². The van der Waals surface area contributed by atoms with Gasteiger partial charge in [-0.1, -0.05) is 6.07 Å². The number of hydrogen-bond donors (Lipinski definition) is 2. The first-order valence-corrected chi connectivity index (χ1v) is 11.9. The minimum Gasteiger partial charge on any atom is -0.502 e. The van der Waals surface area contributed by atoms with Crippen LogP contribution >= 0.6 is 11.3 Å². The van der Waals surface area contributed by atoms with Crippen LogP contribution in [0.25, 0.3) is 0 Å². The number of carbonyl (C=O) groups excluding carboxylic acids is 1. The Morgan fingerprint density at radius 2 is 2.09 bits per heavy atom. The summed E-state index contributed by atoms with van der Waals surface area (Å²) in [7, 11) is 0. The monoisotopic (exact) mass is 467 g/mol. The molecule has 2 aliphatic rings. The van der Waals surface area contributed by atoms with E-state index in [1.807, 2.05) is 33.5 Å². The quantitative estimate of drug-likeness (QED) is 0.574. The third-order valence-electron chi connectivity index (χ3n) is 6.60. The molecule has 1 saturated heterocycles. The summed E-state index contributed by atoms with van der Waals surface area (Å²) >= 11 is 1.45. The number of nitrogens with two attached hydrogens (primary N) is 1. The van der Waals surface area contributed by atoms with Crippen LogP contribution in [-0.4, -0.2) is 33.6 Å². The summed E-state index contributed by atoms with van der Waals surface area (Å²) in [6.07, 6.45) is 0.958. The fraction of sp³-hybridized carbons (Fsp3) is 0.375. The molecule has 0 aliphatic carbocycles. The van der Waals surface area contributed by atoms with E-state index in [0.29, 0.717) is 24.8 Å². The van der Waals surface area contributed by atoms with Crippen LogP contribution in [0.3, 0.4) is 0 Å². The minimum atomic E-state index is -0.624. The van der Waals surface area contributed by atoms with Crippen molar-refractivity contribution in [3.05, 3.63) is 84.4 Å². The van der Waals surface area contributed by atoms with Crippen LogP contribution < -0.4 is 16.7 Å². The fourth-order valence-corrected chi connectivity index (χ4v) is 5.96. The van der Waals surface area contributed by atoms with E-state index in [4.69, 9.17) is 10.2 Å². The molecule has 2 aliphatic heterocycles. The van der Waals surface area contributed by atoms with E-state index >= 15 is 0 Å². The summed E-state index contributed by atoms with van der Waals surface area (Å²) < 4.78 is 7.92. The Kier molecular flexibility index (Phi) is 5.67. The van der Waals surface area contributed by atoms with E-state index in [1.54, 1.807) is 6.07 Å². The predicted molar refractivity (Wildman–Crippen MR) is 123 cm³/mol. The molecule has 8 nitrogen and oxygen atoms in total. The van der Waals surface area contributed by atoms with Crippen molar-refractivity contribution in [2.75, 3.05) is 13.1 Å². The first kappa shape index (κ1) is 21.7. The van der Waals surface area contributed by atoms with E-state index in [9.17, 15) is 19.5 Å². The maximum absolute atomic E-state index is 12.6. The Labute approximate surface area is 193 Å². The molecule has 0 unspecified atom stereocenters. The summed E-state index contributed by atoms with van der Waals surface area (Å²) in [4.78, 5) is 38.8. The Morgan fingerprint density at radius 1 is 1.24 bits per heavy atom. The molecule has 0 radical (unpaired) electrons. The molecule has 3 atom stereocenters. The normalized spacial score (nSPS) is 20.8. The average molecular weight is 468 g/mol. The number of primary amides is 1. The summed E-state index contributed by atoms with van der Waals surface area (Å²) in [5.41, 5.74) is 6.77. The Bertz CT molecular complexity index is 1300. The van der Waals surface area contributed by atoms with Crippen molar-refractivity contribution < 1.29 is 14.3 Å². The van der Waals surface area contributed by atoms with Gasteiger partial charge in [0.25, 0.3) is 5.56 Å². The first-order valence-electron chi connectivity index (χ1n) is 11.0. The van der Waals surface area contributed by atoms with Crippen LogP contribution in [0.1, 0.15) is 47.5 Å². The van der Waals surface area contributed by atoms with E-state index in [1.165, 1.54) is 17.4 Å². The van der Waals surface area contributed by atoms with Crippen LogP contribution in [0.5, 0.6) is 5.75 Å². The lowest BCUT2D eigenvalue weighted by atomic mass is 9.83. The number of aromatic nitrogens is 1. The molecule has 33 heavy (non-hydrogen) atoms. The maximum atomic E-state index is 12.6. The lowest BCUT2D eigenvalue weighted by Crippen LogP contribution is -2.46. The Hall–Kier alpha value is -3.17. The lowest BCUT2D eigenvalue weighted by molar-refractivity contribution is -0.118. The van der Waals surface area contributed by atoms with Gasteiger partial charge in [-0.15, -0.1) is 0 Å². The van der Waals surface area contributed by atoms with Gasteiger partial charge < -0.3 is 19.8 Å². The van der Waals surface area contributed by atoms with Gasteiger partial charge in [-0.25, -0.2) is 0 Å². The highest BCUT2D eigenvalue weighted by molar-refractivity contribution is 7.08. The number of thiophene rings is 1. The highest BCUT2D eigenvalue weighted by Crippen LogP contribution is 2.37. The molecule has 0 spiro atoms. The van der Waals surface area contributed by atoms with Gasteiger partial charge in [0, 0.05) is 49.8 Å². The number of rotatable bonds is 6. The van der Waals surface area contributed by atoms with Crippen LogP contribution in [0.2, 0.25) is 0 Å². The zero-order valence-electron chi connectivity index (χ0n) is 18.0. The van der Waals surface area contributed by atoms with Crippen molar-refractivity contribution in [3.8, 4) is 5.75 Å². The van der Waals surface area contributed by atoms with Crippen LogP contribution in [0.4, 0.5) is 0 Å². The first-order chi connectivity index (χ1) is 15.9. The molecule has 0 aromatic carbocycles. The van der Waals surface area contributed by atoms with Crippen LogP contribution in [-0.2, 0) is 17.9 Å². The number of fused-ring (bicyclic) bond motifs is 4. The zero-order valence-corrected chi connectivity index (χ0v) is 18.8. The number of nitrogens with zero attached hydrogens (tertiary/aromatic N) is 2. The number of aromatic hydroxyl groups is 1. The van der Waals surface area contributed by atoms with E-state index in [0.717, 1.165) is 30.8 Å². The van der Waals surface area contributed by atoms with Crippen molar-refractivity contribution in [1.29, 1.82) is 0 Å². The van der Waals surface area contributed by atoms with Gasteiger partial charge in [0.05, 0.1) is 12.5 Å². The minimum absolute atomic E-state index is 0.0405. The second-order valence-electron chi connectivity index (χ2n) is 8.96. The van der Waals surface area contributed by atoms with Gasteiger partial charge in [-0.2, -0.15) is 11.3 Å². The number of piperidine rings is 1. The van der Waals surface area contributed by atoms with Crippen molar-refractivity contribution >= 4 is 17.2 Å². The third kappa shape index (κ3) is 4.26. The van der Waals surface area contributed by atoms with Gasteiger partial charge in [0.2, 0.25) is 17.1 Å².